The summed E-state index contributed by atoms with van der Waals surface area (Å²) >= 11 is 1.65. The summed E-state index contributed by atoms with van der Waals surface area (Å²) in [6.07, 6.45) is 2.97. The normalized spacial score (nSPS) is 14.1. The average molecular weight is 485 g/mol. The third kappa shape index (κ3) is 5.98. The first-order valence-electron chi connectivity index (χ1n) is 11.8. The van der Waals surface area contributed by atoms with Crippen LogP contribution in [0.2, 0.25) is 0 Å². The van der Waals surface area contributed by atoms with Crippen molar-refractivity contribution in [1.82, 2.24) is 25.1 Å². The van der Waals surface area contributed by atoms with E-state index in [-0.39, 0.29) is 12.0 Å². The summed E-state index contributed by atoms with van der Waals surface area (Å²) in [5.74, 6) is 2.49. The van der Waals surface area contributed by atoms with Crippen LogP contribution in [-0.4, -0.2) is 70.4 Å². The molecular weight excluding hydrogens is 452 g/mol. The highest BCUT2D eigenvalue weighted by atomic mass is 32.2. The monoisotopic (exact) mass is 484 g/mol. The van der Waals surface area contributed by atoms with Crippen LogP contribution in [0.3, 0.4) is 0 Å². The quantitative estimate of drug-likeness (QED) is 0.346. The van der Waals surface area contributed by atoms with Crippen molar-refractivity contribution in [2.24, 2.45) is 0 Å². The number of ether oxygens (including phenoxy) is 2. The molecule has 3 heterocycles. The molecule has 1 saturated heterocycles. The van der Waals surface area contributed by atoms with Crippen molar-refractivity contribution in [1.29, 1.82) is 0 Å². The fourth-order valence-electron chi connectivity index (χ4n) is 3.69. The lowest BCUT2D eigenvalue weighted by Gasteiger charge is -2.28. The van der Waals surface area contributed by atoms with E-state index in [9.17, 15) is 4.79 Å². The predicted octanol–water partition coefficient (Wildman–Crippen LogP) is 3.38. The van der Waals surface area contributed by atoms with Gasteiger partial charge in [-0.05, 0) is 44.5 Å². The molecule has 0 spiro atoms. The number of aromatic nitrogens is 4. The number of carbonyl (C=O) groups is 1. The van der Waals surface area contributed by atoms with E-state index in [2.05, 4.69) is 22.2 Å². The van der Waals surface area contributed by atoms with Crippen molar-refractivity contribution < 1.29 is 14.3 Å². The molecule has 0 aliphatic carbocycles. The van der Waals surface area contributed by atoms with Crippen molar-refractivity contribution in [3.05, 3.63) is 36.0 Å². The molecule has 2 aromatic heterocycles. The number of carbonyl (C=O) groups excluding carboxylic acids is 1. The first kappa shape index (κ1) is 24.3. The fourth-order valence-corrected chi connectivity index (χ4v) is 4.38. The molecule has 4 rings (SSSR count). The maximum Gasteiger partial charge on any atom is 0.251 e. The first-order chi connectivity index (χ1) is 16.5. The van der Waals surface area contributed by atoms with Gasteiger partial charge in [0, 0.05) is 31.0 Å². The SMILES string of the molecule is CCCSc1nc(N2CCOCC2)c2cnn(CCNC(=O)c3ccc(OC(C)C)cc3)c2n1. The number of nitrogens with one attached hydrogen (secondary N) is 1. The Bertz CT molecular complexity index is 1100. The van der Waals surface area contributed by atoms with Gasteiger partial charge >= 0.3 is 0 Å². The Morgan fingerprint density at radius 3 is 2.68 bits per heavy atom. The number of rotatable bonds is 10. The van der Waals surface area contributed by atoms with E-state index in [1.165, 1.54) is 0 Å². The van der Waals surface area contributed by atoms with Gasteiger partial charge in [0.1, 0.15) is 11.6 Å². The van der Waals surface area contributed by atoms with Gasteiger partial charge < -0.3 is 19.7 Å². The lowest BCUT2D eigenvalue weighted by molar-refractivity contribution is 0.0952. The number of nitrogens with zero attached hydrogens (tertiary/aromatic N) is 5. The maximum atomic E-state index is 12.6. The molecule has 9 nitrogen and oxygen atoms in total. The molecular formula is C24H32N6O3S. The number of hydrogen-bond acceptors (Lipinski definition) is 8. The van der Waals surface area contributed by atoms with E-state index in [1.54, 1.807) is 23.9 Å². The zero-order valence-corrected chi connectivity index (χ0v) is 20.8. The van der Waals surface area contributed by atoms with Gasteiger partial charge in [-0.1, -0.05) is 18.7 Å². The number of morpholine rings is 1. The summed E-state index contributed by atoms with van der Waals surface area (Å²) in [5, 5.41) is 9.21. The molecule has 0 unspecified atom stereocenters. The standard InChI is InChI=1S/C24H32N6O3S/c1-4-15-34-24-27-21(29-11-13-32-14-12-29)20-16-26-30(22(20)28-24)10-9-25-23(31)18-5-7-19(8-6-18)33-17(2)3/h5-8,16-17H,4,9-15H2,1-3H3,(H,25,31). The molecule has 3 aromatic rings. The molecule has 1 fully saturated rings. The largest absolute Gasteiger partial charge is 0.491 e. The molecule has 1 aliphatic heterocycles. The van der Waals surface area contributed by atoms with Crippen LogP contribution in [0.5, 0.6) is 5.75 Å². The van der Waals surface area contributed by atoms with E-state index in [1.807, 2.05) is 36.9 Å². The summed E-state index contributed by atoms with van der Waals surface area (Å²) in [4.78, 5) is 24.4. The summed E-state index contributed by atoms with van der Waals surface area (Å²) in [5.41, 5.74) is 1.39. The summed E-state index contributed by atoms with van der Waals surface area (Å²) in [6, 6.07) is 7.18. The van der Waals surface area contributed by atoms with Crippen molar-refractivity contribution in [2.45, 2.75) is 45.0 Å². The molecule has 1 N–H and O–H groups in total. The highest BCUT2D eigenvalue weighted by Gasteiger charge is 2.20. The smallest absolute Gasteiger partial charge is 0.251 e. The fraction of sp³-hybridized carbons (Fsp3) is 0.500. The van der Waals surface area contributed by atoms with Gasteiger partial charge in [-0.2, -0.15) is 5.10 Å². The molecule has 0 bridgehead atoms. The van der Waals surface area contributed by atoms with E-state index in [0.29, 0.717) is 31.9 Å². The molecule has 1 aliphatic rings. The summed E-state index contributed by atoms with van der Waals surface area (Å²) < 4.78 is 13.0. The Morgan fingerprint density at radius 1 is 1.21 bits per heavy atom. The van der Waals surface area contributed by atoms with Gasteiger partial charge in [0.25, 0.3) is 5.91 Å². The Labute approximate surface area is 204 Å². The minimum absolute atomic E-state index is 0.0945. The van der Waals surface area contributed by atoms with Gasteiger partial charge in [0.15, 0.2) is 10.8 Å². The number of thioether (sulfide) groups is 1. The first-order valence-corrected chi connectivity index (χ1v) is 12.8. The number of hydrogen-bond donors (Lipinski definition) is 1. The van der Waals surface area contributed by atoms with Gasteiger partial charge in [0.05, 0.1) is 37.4 Å². The Hall–Kier alpha value is -2.85. The van der Waals surface area contributed by atoms with E-state index in [4.69, 9.17) is 19.4 Å². The number of amides is 1. The van der Waals surface area contributed by atoms with Crippen LogP contribution in [-0.2, 0) is 11.3 Å². The average Bonchev–Trinajstić information content (AvgIpc) is 3.25. The number of anilines is 1. The predicted molar refractivity (Wildman–Crippen MR) is 134 cm³/mol. The lowest BCUT2D eigenvalue weighted by Crippen LogP contribution is -2.37. The van der Waals surface area contributed by atoms with Crippen LogP contribution in [0.15, 0.2) is 35.6 Å². The van der Waals surface area contributed by atoms with E-state index >= 15 is 0 Å². The van der Waals surface area contributed by atoms with Crippen LogP contribution in [0.1, 0.15) is 37.6 Å². The van der Waals surface area contributed by atoms with Crippen LogP contribution < -0.4 is 15.0 Å². The second-order valence-corrected chi connectivity index (χ2v) is 9.39. The molecule has 1 amide bonds. The highest BCUT2D eigenvalue weighted by molar-refractivity contribution is 7.99. The molecule has 34 heavy (non-hydrogen) atoms. The topological polar surface area (TPSA) is 94.4 Å². The van der Waals surface area contributed by atoms with Gasteiger partial charge in [0.2, 0.25) is 0 Å². The lowest BCUT2D eigenvalue weighted by atomic mass is 10.2. The van der Waals surface area contributed by atoms with Gasteiger partial charge in [-0.25, -0.2) is 14.6 Å². The molecule has 10 heteroatoms. The van der Waals surface area contributed by atoms with Crippen LogP contribution in [0.4, 0.5) is 5.82 Å². The van der Waals surface area contributed by atoms with Crippen molar-refractivity contribution >= 4 is 34.5 Å². The van der Waals surface area contributed by atoms with Gasteiger partial charge in [-0.3, -0.25) is 4.79 Å². The second kappa shape index (κ2) is 11.5. The van der Waals surface area contributed by atoms with Crippen molar-refractivity contribution in [3.8, 4) is 5.75 Å². The maximum absolute atomic E-state index is 12.6. The minimum Gasteiger partial charge on any atom is -0.491 e. The third-order valence-electron chi connectivity index (χ3n) is 5.30. The molecule has 0 saturated carbocycles. The van der Waals surface area contributed by atoms with Crippen molar-refractivity contribution in [2.75, 3.05) is 43.5 Å². The van der Waals surface area contributed by atoms with Crippen molar-refractivity contribution in [3.63, 3.8) is 0 Å². The third-order valence-corrected chi connectivity index (χ3v) is 6.35. The number of benzene rings is 1. The summed E-state index contributed by atoms with van der Waals surface area (Å²) in [6.45, 7) is 10.0. The van der Waals surface area contributed by atoms with Crippen LogP contribution >= 0.6 is 11.8 Å². The summed E-state index contributed by atoms with van der Waals surface area (Å²) in [7, 11) is 0. The molecule has 182 valence electrons. The van der Waals surface area contributed by atoms with E-state index < -0.39 is 0 Å². The second-order valence-electron chi connectivity index (χ2n) is 8.33. The van der Waals surface area contributed by atoms with Crippen LogP contribution in [0.25, 0.3) is 11.0 Å². The minimum atomic E-state index is -0.129. The Kier molecular flexibility index (Phi) is 8.23. The molecule has 0 radical (unpaired) electrons. The molecule has 1 aromatic carbocycles. The zero-order chi connectivity index (χ0) is 23.9. The Balaban J connectivity index is 1.45. The molecule has 0 atom stereocenters. The Morgan fingerprint density at radius 2 is 1.97 bits per heavy atom. The zero-order valence-electron chi connectivity index (χ0n) is 20.0. The number of fused-ring (bicyclic) bond motifs is 1. The van der Waals surface area contributed by atoms with Gasteiger partial charge in [-0.15, -0.1) is 0 Å². The highest BCUT2D eigenvalue weighted by Crippen LogP contribution is 2.28. The van der Waals surface area contributed by atoms with Crippen LogP contribution in [0, 0.1) is 0 Å². The van der Waals surface area contributed by atoms with E-state index in [0.717, 1.165) is 53.0 Å².